The number of aliphatic hydroxyl groups is 1. The summed E-state index contributed by atoms with van der Waals surface area (Å²) < 4.78 is 12.1. The number of rotatable bonds is 22. The van der Waals surface area contributed by atoms with Crippen LogP contribution in [0.15, 0.2) is 18.2 Å². The summed E-state index contributed by atoms with van der Waals surface area (Å²) in [6.07, 6.45) is 8.27. The van der Waals surface area contributed by atoms with Gasteiger partial charge < -0.3 is 35.2 Å². The van der Waals surface area contributed by atoms with Crippen molar-refractivity contribution in [2.24, 2.45) is 23.2 Å². The van der Waals surface area contributed by atoms with Gasteiger partial charge in [-0.1, -0.05) is 66.0 Å². The van der Waals surface area contributed by atoms with E-state index in [0.29, 0.717) is 31.2 Å². The number of ether oxygens (including phenoxy) is 2. The molecule has 2 aliphatic carbocycles. The number of likely N-dealkylation sites (N-methyl/N-ethyl adjacent to an activating group) is 1. The number of fused-ring (bicyclic) bond motifs is 2. The summed E-state index contributed by atoms with van der Waals surface area (Å²) in [6, 6.07) is 5.85. The highest BCUT2D eigenvalue weighted by atomic mass is 32.1. The van der Waals surface area contributed by atoms with Gasteiger partial charge in [0, 0.05) is 31.4 Å². The van der Waals surface area contributed by atoms with Crippen molar-refractivity contribution in [3.63, 3.8) is 0 Å². The van der Waals surface area contributed by atoms with Gasteiger partial charge in [0.15, 0.2) is 6.61 Å². The van der Waals surface area contributed by atoms with Gasteiger partial charge in [-0.15, -0.1) is 0 Å². The molecule has 1 saturated carbocycles. The number of amides is 2. The fraction of sp³-hybridized carbons (Fsp3) is 0.775. The normalized spacial score (nSPS) is 21.1. The lowest BCUT2D eigenvalue weighted by Crippen LogP contribution is -2.57. The summed E-state index contributed by atoms with van der Waals surface area (Å²) in [5, 5.41) is 26.4. The van der Waals surface area contributed by atoms with Gasteiger partial charge in [-0.05, 0) is 99.2 Å². The van der Waals surface area contributed by atoms with Gasteiger partial charge >= 0.3 is 5.97 Å². The summed E-state index contributed by atoms with van der Waals surface area (Å²) in [5.41, 5.74) is 1.21. The molecular weight excluding hydrogens is 667 g/mol. The van der Waals surface area contributed by atoms with Crippen LogP contribution in [0.1, 0.15) is 111 Å². The molecule has 1 aromatic carbocycles. The number of aliphatic carboxylic acids is 1. The first kappa shape index (κ1) is 43.1. The minimum absolute atomic E-state index is 0.0621. The number of aliphatic hydroxyl groups excluding tert-OH is 1. The predicted octanol–water partition coefficient (Wildman–Crippen LogP) is 5.68. The molecule has 10 nitrogen and oxygen atoms in total. The molecule has 5 unspecified atom stereocenters. The number of carbonyl (C=O) groups is 3. The van der Waals surface area contributed by atoms with Crippen LogP contribution in [0.4, 0.5) is 0 Å². The monoisotopic (exact) mass is 733 g/mol. The van der Waals surface area contributed by atoms with Crippen molar-refractivity contribution in [1.82, 2.24) is 15.5 Å². The molecule has 3 rings (SSSR count). The van der Waals surface area contributed by atoms with Crippen LogP contribution in [0.3, 0.4) is 0 Å². The average Bonchev–Trinajstić information content (AvgIpc) is 3.38. The van der Waals surface area contributed by atoms with Crippen LogP contribution in [0.2, 0.25) is 0 Å². The number of hydrogen-bond donors (Lipinski definition) is 5. The Morgan fingerprint density at radius 1 is 1.04 bits per heavy atom. The summed E-state index contributed by atoms with van der Waals surface area (Å²) in [7, 11) is 1.65. The molecule has 2 amide bonds. The maximum Gasteiger partial charge on any atom is 0.341 e. The molecule has 0 heterocycles. The van der Waals surface area contributed by atoms with Gasteiger partial charge in [0.05, 0.1) is 12.2 Å². The zero-order valence-corrected chi connectivity index (χ0v) is 33.4. The van der Waals surface area contributed by atoms with Crippen molar-refractivity contribution in [3.8, 4) is 5.75 Å². The van der Waals surface area contributed by atoms with Crippen LogP contribution in [0, 0.1) is 23.2 Å². The Morgan fingerprint density at radius 2 is 1.76 bits per heavy atom. The second kappa shape index (κ2) is 19.1. The second-order valence-corrected chi connectivity index (χ2v) is 18.2. The number of carbonyl (C=O) groups excluding carboxylic acids is 2. The SMILES string of the molecule is CCCCCC(O)CCC1C(OCC(=O)N(C)C(C)(C)C(=O)NCCNCC(C)(C)CC(C)(C)S)CC2Cc3c(cccc3OCC(=O)O)CC21. The van der Waals surface area contributed by atoms with Crippen LogP contribution in [0.5, 0.6) is 5.75 Å². The van der Waals surface area contributed by atoms with Crippen LogP contribution in [-0.4, -0.2) is 95.3 Å². The van der Waals surface area contributed by atoms with Crippen molar-refractivity contribution in [1.29, 1.82) is 0 Å². The van der Waals surface area contributed by atoms with E-state index in [-0.39, 0.29) is 59.2 Å². The Labute approximate surface area is 312 Å². The van der Waals surface area contributed by atoms with Gasteiger partial charge in [0.2, 0.25) is 11.8 Å². The third kappa shape index (κ3) is 13.2. The molecule has 4 N–H and O–H groups in total. The molecule has 290 valence electrons. The highest BCUT2D eigenvalue weighted by Gasteiger charge is 2.46. The van der Waals surface area contributed by atoms with E-state index in [2.05, 4.69) is 63.9 Å². The van der Waals surface area contributed by atoms with E-state index in [9.17, 15) is 24.6 Å². The van der Waals surface area contributed by atoms with E-state index < -0.39 is 11.5 Å². The smallest absolute Gasteiger partial charge is 0.341 e. The third-order valence-electron chi connectivity index (χ3n) is 10.9. The molecular formula is C40H67N3O7S. The van der Waals surface area contributed by atoms with Crippen LogP contribution < -0.4 is 15.4 Å². The van der Waals surface area contributed by atoms with E-state index in [1.54, 1.807) is 20.9 Å². The Morgan fingerprint density at radius 3 is 2.43 bits per heavy atom. The molecule has 0 saturated heterocycles. The van der Waals surface area contributed by atoms with Gasteiger partial charge in [0.25, 0.3) is 0 Å². The summed E-state index contributed by atoms with van der Waals surface area (Å²) in [5.74, 6) is -0.101. The number of thiol groups is 1. The Kier molecular flexibility index (Phi) is 16.1. The first-order valence-electron chi connectivity index (χ1n) is 19.1. The molecule has 1 fully saturated rings. The van der Waals surface area contributed by atoms with Crippen molar-refractivity contribution in [2.75, 3.05) is 39.9 Å². The van der Waals surface area contributed by atoms with Gasteiger partial charge in [-0.2, -0.15) is 12.6 Å². The molecule has 5 atom stereocenters. The molecule has 0 radical (unpaired) electrons. The maximum atomic E-state index is 13.5. The third-order valence-corrected chi connectivity index (χ3v) is 11.1. The Bertz CT molecular complexity index is 1300. The molecule has 0 bridgehead atoms. The van der Waals surface area contributed by atoms with Crippen molar-refractivity contribution in [3.05, 3.63) is 29.3 Å². The van der Waals surface area contributed by atoms with Crippen molar-refractivity contribution in [2.45, 2.75) is 135 Å². The number of carboxylic acid groups (broad SMARTS) is 1. The van der Waals surface area contributed by atoms with E-state index >= 15 is 0 Å². The predicted molar refractivity (Wildman–Crippen MR) is 205 cm³/mol. The van der Waals surface area contributed by atoms with Crippen LogP contribution >= 0.6 is 12.6 Å². The number of unbranched alkanes of at least 4 members (excludes halogenated alkanes) is 2. The number of benzene rings is 1. The van der Waals surface area contributed by atoms with Crippen LogP contribution in [-0.2, 0) is 32.0 Å². The van der Waals surface area contributed by atoms with Gasteiger partial charge in [-0.25, -0.2) is 4.79 Å². The number of nitrogens with one attached hydrogen (secondary N) is 2. The first-order valence-corrected chi connectivity index (χ1v) is 19.5. The van der Waals surface area contributed by atoms with Crippen molar-refractivity contribution < 1.29 is 34.1 Å². The van der Waals surface area contributed by atoms with Crippen LogP contribution in [0.25, 0.3) is 0 Å². The number of hydrogen-bond acceptors (Lipinski definition) is 8. The molecule has 0 spiro atoms. The number of nitrogens with zero attached hydrogens (tertiary/aromatic N) is 1. The minimum atomic E-state index is -1.07. The second-order valence-electron chi connectivity index (χ2n) is 17.0. The summed E-state index contributed by atoms with van der Waals surface area (Å²) in [6.45, 7) is 15.6. The molecule has 0 aromatic heterocycles. The molecule has 2 aliphatic rings. The Hall–Kier alpha value is -2.34. The molecule has 0 aliphatic heterocycles. The molecule has 51 heavy (non-hydrogen) atoms. The lowest BCUT2D eigenvalue weighted by molar-refractivity contribution is -0.149. The zero-order chi connectivity index (χ0) is 38.0. The lowest BCUT2D eigenvalue weighted by atomic mass is 9.73. The highest BCUT2D eigenvalue weighted by molar-refractivity contribution is 7.81. The van der Waals surface area contributed by atoms with E-state index in [1.165, 1.54) is 4.90 Å². The quantitative estimate of drug-likeness (QED) is 0.0760. The standard InChI is InChI=1S/C40H67N3O7S/c1-9-10-11-14-29(44)16-17-30-31-20-27-13-12-15-33(50-24-36(46)47)32(27)21-28(31)22-34(30)49-23-35(45)43(8)40(6,7)37(48)42-19-18-41-26-38(2,3)25-39(4,5)51/h12-13,15,28-31,34,41,44,51H,9-11,14,16-26H2,1-8H3,(H,42,48)(H,46,47). The van der Waals surface area contributed by atoms with E-state index in [0.717, 1.165) is 75.5 Å². The number of carboxylic acids is 1. The van der Waals surface area contributed by atoms with Gasteiger partial charge in [0.1, 0.15) is 17.9 Å². The fourth-order valence-electron chi connectivity index (χ4n) is 8.28. The summed E-state index contributed by atoms with van der Waals surface area (Å²) in [4.78, 5) is 39.5. The van der Waals surface area contributed by atoms with Gasteiger partial charge in [-0.3, -0.25) is 9.59 Å². The van der Waals surface area contributed by atoms with E-state index in [4.69, 9.17) is 9.47 Å². The maximum absolute atomic E-state index is 13.5. The first-order chi connectivity index (χ1) is 23.8. The topological polar surface area (TPSA) is 137 Å². The fourth-order valence-corrected chi connectivity index (χ4v) is 8.71. The summed E-state index contributed by atoms with van der Waals surface area (Å²) >= 11 is 4.67. The van der Waals surface area contributed by atoms with Crippen molar-refractivity contribution >= 4 is 30.4 Å². The Balaban J connectivity index is 1.61. The van der Waals surface area contributed by atoms with E-state index in [1.807, 2.05) is 12.1 Å². The average molecular weight is 734 g/mol. The minimum Gasteiger partial charge on any atom is -0.482 e. The molecule has 1 aromatic rings. The molecule has 11 heteroatoms. The largest absolute Gasteiger partial charge is 0.482 e. The highest BCUT2D eigenvalue weighted by Crippen LogP contribution is 2.49. The zero-order valence-electron chi connectivity index (χ0n) is 32.6. The lowest BCUT2D eigenvalue weighted by Gasteiger charge is -2.35.